The van der Waals surface area contributed by atoms with Gasteiger partial charge < -0.3 is 10.6 Å². The fourth-order valence-corrected chi connectivity index (χ4v) is 2.67. The molecule has 0 saturated carbocycles. The molecule has 0 aromatic carbocycles. The van der Waals surface area contributed by atoms with Crippen molar-refractivity contribution in [2.45, 2.75) is 39.2 Å². The van der Waals surface area contributed by atoms with Crippen molar-refractivity contribution in [1.29, 1.82) is 0 Å². The van der Waals surface area contributed by atoms with Crippen molar-refractivity contribution in [2.24, 2.45) is 0 Å². The van der Waals surface area contributed by atoms with E-state index in [0.717, 1.165) is 30.9 Å². The van der Waals surface area contributed by atoms with Gasteiger partial charge in [0.1, 0.15) is 0 Å². The molecule has 0 bridgehead atoms. The van der Waals surface area contributed by atoms with Crippen LogP contribution in [0.4, 0.5) is 5.69 Å². The predicted octanol–water partition coefficient (Wildman–Crippen LogP) is 1.79. The third kappa shape index (κ3) is 4.70. The van der Waals surface area contributed by atoms with E-state index in [2.05, 4.69) is 20.5 Å². The number of amides is 1. The van der Waals surface area contributed by atoms with Gasteiger partial charge in [0.15, 0.2) is 0 Å². The number of aryl methyl sites for hydroxylation is 1. The zero-order valence-corrected chi connectivity index (χ0v) is 13.1. The number of nitrogens with zero attached hydrogens (tertiary/aromatic N) is 2. The largest absolute Gasteiger partial charge is 0.383 e. The minimum atomic E-state index is -0.0204. The summed E-state index contributed by atoms with van der Waals surface area (Å²) >= 11 is 0. The number of carbonyl (C=O) groups excluding carboxylic acids is 1. The first kappa shape index (κ1) is 15.8. The topological polar surface area (TPSA) is 57.3 Å². The molecule has 5 nitrogen and oxygen atoms in total. The van der Waals surface area contributed by atoms with Gasteiger partial charge >= 0.3 is 0 Å². The van der Waals surface area contributed by atoms with Gasteiger partial charge in [-0.1, -0.05) is 6.42 Å². The van der Waals surface area contributed by atoms with E-state index in [1.807, 2.05) is 26.1 Å². The smallest absolute Gasteiger partial charge is 0.237 e. The molecule has 2 heterocycles. The lowest BCUT2D eigenvalue weighted by Gasteiger charge is -2.31. The van der Waals surface area contributed by atoms with Crippen LogP contribution in [0.25, 0.3) is 0 Å². The van der Waals surface area contributed by atoms with Crippen LogP contribution in [-0.2, 0) is 4.79 Å². The van der Waals surface area contributed by atoms with Crippen LogP contribution in [0.3, 0.4) is 0 Å². The number of anilines is 1. The van der Waals surface area contributed by atoms with Crippen LogP contribution in [-0.4, -0.2) is 48.0 Å². The number of nitrogens with one attached hydrogen (secondary N) is 2. The van der Waals surface area contributed by atoms with Crippen molar-refractivity contribution >= 4 is 11.6 Å². The van der Waals surface area contributed by atoms with Gasteiger partial charge in [-0.3, -0.25) is 14.7 Å². The maximum Gasteiger partial charge on any atom is 0.237 e. The monoisotopic (exact) mass is 290 g/mol. The Bertz CT molecular complexity index is 457. The molecule has 1 saturated heterocycles. The van der Waals surface area contributed by atoms with Crippen LogP contribution in [0.5, 0.6) is 0 Å². The standard InChI is InChI=1S/C16H26N4O/c1-13-12-17-7-6-15(13)18-8-9-19-16(21)14(2)20-10-4-3-5-11-20/h6-7,12,14H,3-5,8-11H2,1-2H3,(H,17,18)(H,19,21)/t14-/m0/s1. The van der Waals surface area contributed by atoms with Crippen LogP contribution in [0.15, 0.2) is 18.5 Å². The van der Waals surface area contributed by atoms with Crippen molar-refractivity contribution in [3.8, 4) is 0 Å². The highest BCUT2D eigenvalue weighted by atomic mass is 16.2. The highest BCUT2D eigenvalue weighted by Gasteiger charge is 2.22. The second kappa shape index (κ2) is 7.98. The highest BCUT2D eigenvalue weighted by molar-refractivity contribution is 5.81. The van der Waals surface area contributed by atoms with Crippen LogP contribution >= 0.6 is 0 Å². The lowest BCUT2D eigenvalue weighted by molar-refractivity contribution is -0.126. The summed E-state index contributed by atoms with van der Waals surface area (Å²) in [6, 6.07) is 1.93. The number of likely N-dealkylation sites (tertiary alicyclic amines) is 1. The Morgan fingerprint density at radius 3 is 2.81 bits per heavy atom. The molecule has 0 radical (unpaired) electrons. The van der Waals surface area contributed by atoms with Crippen LogP contribution < -0.4 is 10.6 Å². The van der Waals surface area contributed by atoms with Gasteiger partial charge in [-0.2, -0.15) is 0 Å². The number of piperidine rings is 1. The summed E-state index contributed by atoms with van der Waals surface area (Å²) in [5, 5.41) is 6.33. The quantitative estimate of drug-likeness (QED) is 0.784. The second-order valence-corrected chi connectivity index (χ2v) is 5.68. The van der Waals surface area contributed by atoms with Crippen LogP contribution in [0.2, 0.25) is 0 Å². The molecule has 0 unspecified atom stereocenters. The Morgan fingerprint density at radius 1 is 1.33 bits per heavy atom. The minimum Gasteiger partial charge on any atom is -0.383 e. The molecule has 1 atom stereocenters. The summed E-state index contributed by atoms with van der Waals surface area (Å²) in [5.41, 5.74) is 2.19. The van der Waals surface area contributed by atoms with Gasteiger partial charge in [-0.25, -0.2) is 0 Å². The average molecular weight is 290 g/mol. The molecular formula is C16H26N4O. The molecule has 2 rings (SSSR count). The van der Waals surface area contributed by atoms with E-state index in [4.69, 9.17) is 0 Å². The van der Waals surface area contributed by atoms with Crippen molar-refractivity contribution in [2.75, 3.05) is 31.5 Å². The Hall–Kier alpha value is -1.62. The first-order valence-electron chi connectivity index (χ1n) is 7.84. The van der Waals surface area contributed by atoms with Gasteiger partial charge in [-0.05, 0) is 51.4 Å². The molecular weight excluding hydrogens is 264 g/mol. The Balaban J connectivity index is 1.68. The molecule has 1 fully saturated rings. The van der Waals surface area contributed by atoms with Crippen LogP contribution in [0.1, 0.15) is 31.7 Å². The van der Waals surface area contributed by atoms with E-state index in [9.17, 15) is 4.79 Å². The van der Waals surface area contributed by atoms with E-state index in [-0.39, 0.29) is 11.9 Å². The maximum atomic E-state index is 12.1. The SMILES string of the molecule is Cc1cnccc1NCCNC(=O)[C@H](C)N1CCCCC1. The Kier molecular flexibility index (Phi) is 5.99. The first-order valence-corrected chi connectivity index (χ1v) is 7.84. The Morgan fingerprint density at radius 2 is 2.10 bits per heavy atom. The molecule has 0 aliphatic carbocycles. The average Bonchev–Trinajstić information content (AvgIpc) is 2.53. The minimum absolute atomic E-state index is 0.0204. The van der Waals surface area contributed by atoms with Gasteiger partial charge in [0.2, 0.25) is 5.91 Å². The van der Waals surface area contributed by atoms with Crippen LogP contribution in [0, 0.1) is 6.92 Å². The molecule has 116 valence electrons. The summed E-state index contributed by atoms with van der Waals surface area (Å²) < 4.78 is 0. The molecule has 21 heavy (non-hydrogen) atoms. The zero-order chi connectivity index (χ0) is 15.1. The van der Waals surface area contributed by atoms with E-state index in [0.29, 0.717) is 6.54 Å². The third-order valence-corrected chi connectivity index (χ3v) is 4.08. The molecule has 1 aliphatic heterocycles. The lowest BCUT2D eigenvalue weighted by Crippen LogP contribution is -2.47. The van der Waals surface area contributed by atoms with Gasteiger partial charge in [0.05, 0.1) is 6.04 Å². The molecule has 5 heteroatoms. The molecule has 0 spiro atoms. The number of hydrogen-bond acceptors (Lipinski definition) is 4. The molecule has 1 aliphatic rings. The first-order chi connectivity index (χ1) is 10.2. The van der Waals surface area contributed by atoms with Crippen molar-refractivity contribution in [1.82, 2.24) is 15.2 Å². The van der Waals surface area contributed by atoms with E-state index < -0.39 is 0 Å². The number of rotatable bonds is 6. The summed E-state index contributed by atoms with van der Waals surface area (Å²) in [7, 11) is 0. The third-order valence-electron chi connectivity index (χ3n) is 4.08. The van der Waals surface area contributed by atoms with E-state index in [1.165, 1.54) is 19.3 Å². The van der Waals surface area contributed by atoms with Gasteiger partial charge in [-0.15, -0.1) is 0 Å². The molecule has 2 N–H and O–H groups in total. The number of pyridine rings is 1. The summed E-state index contributed by atoms with van der Waals surface area (Å²) in [6.07, 6.45) is 7.31. The van der Waals surface area contributed by atoms with Crippen molar-refractivity contribution in [3.63, 3.8) is 0 Å². The number of aromatic nitrogens is 1. The molecule has 1 aromatic heterocycles. The number of carbonyl (C=O) groups is 1. The van der Waals surface area contributed by atoms with Crippen molar-refractivity contribution in [3.05, 3.63) is 24.0 Å². The predicted molar refractivity (Wildman–Crippen MR) is 85.4 cm³/mol. The zero-order valence-electron chi connectivity index (χ0n) is 13.1. The second-order valence-electron chi connectivity index (χ2n) is 5.68. The molecule has 1 aromatic rings. The summed E-state index contributed by atoms with van der Waals surface area (Å²) in [5.74, 6) is 0.130. The lowest BCUT2D eigenvalue weighted by atomic mass is 10.1. The van der Waals surface area contributed by atoms with Gasteiger partial charge in [0, 0.05) is 31.2 Å². The number of hydrogen-bond donors (Lipinski definition) is 2. The van der Waals surface area contributed by atoms with E-state index >= 15 is 0 Å². The highest BCUT2D eigenvalue weighted by Crippen LogP contribution is 2.12. The molecule has 1 amide bonds. The van der Waals surface area contributed by atoms with E-state index in [1.54, 1.807) is 6.20 Å². The normalized spacial score (nSPS) is 17.2. The fourth-order valence-electron chi connectivity index (χ4n) is 2.67. The van der Waals surface area contributed by atoms with Gasteiger partial charge in [0.25, 0.3) is 0 Å². The Labute approximate surface area is 127 Å². The van der Waals surface area contributed by atoms with Crippen molar-refractivity contribution < 1.29 is 4.79 Å². The fraction of sp³-hybridized carbons (Fsp3) is 0.625. The maximum absolute atomic E-state index is 12.1. The summed E-state index contributed by atoms with van der Waals surface area (Å²) in [4.78, 5) is 18.5. The summed E-state index contributed by atoms with van der Waals surface area (Å²) in [6.45, 7) is 7.47.